The largest absolute Gasteiger partial charge is 0.215 e. The molecule has 0 saturated carbocycles. The first-order valence-electron chi connectivity index (χ1n) is 5.78. The van der Waals surface area contributed by atoms with E-state index in [1.165, 1.54) is 12.8 Å². The van der Waals surface area contributed by atoms with Gasteiger partial charge in [-0.3, -0.25) is 0 Å². The number of nitrogens with zero attached hydrogens (tertiary/aromatic N) is 1. The number of hydrogen-bond acceptors (Lipinski definition) is 2. The van der Waals surface area contributed by atoms with Gasteiger partial charge in [-0.15, -0.1) is 0 Å². The average molecular weight is 233 g/mol. The quantitative estimate of drug-likeness (QED) is 0.758. The van der Waals surface area contributed by atoms with Gasteiger partial charge in [-0.1, -0.05) is 20.8 Å². The van der Waals surface area contributed by atoms with Crippen LogP contribution in [0.5, 0.6) is 0 Å². The highest BCUT2D eigenvalue weighted by Gasteiger charge is 2.22. The summed E-state index contributed by atoms with van der Waals surface area (Å²) in [5, 5.41) is 0. The predicted octanol–water partition coefficient (Wildman–Crippen LogP) is 2.05. The van der Waals surface area contributed by atoms with Crippen LogP contribution in [0.3, 0.4) is 0 Å². The van der Waals surface area contributed by atoms with E-state index in [0.29, 0.717) is 5.41 Å². The minimum absolute atomic E-state index is 0.404. The number of thiol groups is 1. The summed E-state index contributed by atoms with van der Waals surface area (Å²) in [5.41, 5.74) is 0.404. The summed E-state index contributed by atoms with van der Waals surface area (Å²) in [7, 11) is -2.34. The molecule has 0 atom stereocenters. The molecule has 0 aromatic carbocycles. The zero-order valence-electron chi connectivity index (χ0n) is 10.0. The molecule has 0 N–H and O–H groups in total. The Morgan fingerprint density at radius 2 is 1.73 bits per heavy atom. The summed E-state index contributed by atoms with van der Waals surface area (Å²) in [6.45, 7) is 8.24. The third-order valence-electron chi connectivity index (χ3n) is 3.12. The smallest absolute Gasteiger partial charge is 0.203 e. The van der Waals surface area contributed by atoms with Gasteiger partial charge in [0.2, 0.25) is 10.9 Å². The van der Waals surface area contributed by atoms with Crippen molar-refractivity contribution in [3.05, 3.63) is 0 Å². The minimum Gasteiger partial charge on any atom is -0.215 e. The minimum atomic E-state index is -2.34. The number of rotatable bonds is 3. The van der Waals surface area contributed by atoms with Gasteiger partial charge < -0.3 is 0 Å². The summed E-state index contributed by atoms with van der Waals surface area (Å²) < 4.78 is 23.1. The first kappa shape index (κ1) is 13.0. The van der Waals surface area contributed by atoms with Crippen LogP contribution in [-0.4, -0.2) is 25.8 Å². The molecule has 90 valence electrons. The summed E-state index contributed by atoms with van der Waals surface area (Å²) >= 11 is 0. The fourth-order valence-electron chi connectivity index (χ4n) is 2.01. The predicted molar refractivity (Wildman–Crippen MR) is 63.3 cm³/mol. The molecule has 0 aliphatic carbocycles. The van der Waals surface area contributed by atoms with E-state index in [2.05, 4.69) is 20.8 Å². The second-order valence-electron chi connectivity index (χ2n) is 5.73. The Morgan fingerprint density at radius 3 is 2.13 bits per heavy atom. The number of hydrogen-bond donors (Lipinski definition) is 1. The van der Waals surface area contributed by atoms with Crippen LogP contribution in [0.1, 0.15) is 46.5 Å². The fraction of sp³-hybridized carbons (Fsp3) is 1.00. The molecule has 3 nitrogen and oxygen atoms in total. The highest BCUT2D eigenvalue weighted by Crippen LogP contribution is 2.28. The van der Waals surface area contributed by atoms with Crippen LogP contribution in [0.15, 0.2) is 0 Å². The fourth-order valence-corrected chi connectivity index (χ4v) is 2.57. The van der Waals surface area contributed by atoms with E-state index >= 15 is 0 Å². The van der Waals surface area contributed by atoms with Crippen molar-refractivity contribution in [2.75, 3.05) is 13.1 Å². The Balaban J connectivity index is 2.26. The third-order valence-corrected chi connectivity index (χ3v) is 3.99. The first-order chi connectivity index (χ1) is 6.88. The lowest BCUT2D eigenvalue weighted by molar-refractivity contribution is 0.237. The summed E-state index contributed by atoms with van der Waals surface area (Å²) in [6, 6.07) is 0. The molecule has 1 aliphatic rings. The molecule has 4 heteroatoms. The standard InChI is InChI=1S/C11H23NO2S/c1-11(2,3)7-4-10-5-8-12(9-6-10)15(13)14/h10,15H,4-9H2,1-3H3. The Hall–Kier alpha value is -0.0900. The number of piperidine rings is 1. The van der Waals surface area contributed by atoms with Crippen LogP contribution < -0.4 is 0 Å². The van der Waals surface area contributed by atoms with E-state index in [1.54, 1.807) is 4.31 Å². The van der Waals surface area contributed by atoms with Gasteiger partial charge in [-0.2, -0.15) is 0 Å². The molecule has 1 rings (SSSR count). The van der Waals surface area contributed by atoms with Crippen molar-refractivity contribution in [3.8, 4) is 0 Å². The maximum absolute atomic E-state index is 10.7. The second kappa shape index (κ2) is 5.30. The second-order valence-corrected chi connectivity index (χ2v) is 6.78. The molecule has 1 fully saturated rings. The van der Waals surface area contributed by atoms with E-state index in [-0.39, 0.29) is 0 Å². The molecule has 0 aromatic rings. The average Bonchev–Trinajstić information content (AvgIpc) is 2.14. The zero-order chi connectivity index (χ0) is 11.5. The molecular formula is C11H23NO2S. The van der Waals surface area contributed by atoms with Crippen molar-refractivity contribution in [2.45, 2.75) is 46.5 Å². The maximum Gasteiger partial charge on any atom is 0.203 e. The van der Waals surface area contributed by atoms with Crippen molar-refractivity contribution in [3.63, 3.8) is 0 Å². The van der Waals surface area contributed by atoms with Gasteiger partial charge in [0.25, 0.3) is 0 Å². The molecule has 1 aliphatic heterocycles. The van der Waals surface area contributed by atoms with E-state index in [9.17, 15) is 8.42 Å². The normalized spacial score (nSPS) is 21.1. The first-order valence-corrected chi connectivity index (χ1v) is 6.91. The molecule has 0 unspecified atom stereocenters. The Labute approximate surface area is 94.9 Å². The van der Waals surface area contributed by atoms with Gasteiger partial charge in [0, 0.05) is 13.1 Å². The van der Waals surface area contributed by atoms with Crippen molar-refractivity contribution < 1.29 is 8.42 Å². The van der Waals surface area contributed by atoms with E-state index < -0.39 is 10.9 Å². The van der Waals surface area contributed by atoms with Gasteiger partial charge in [0.15, 0.2) is 0 Å². The van der Waals surface area contributed by atoms with Gasteiger partial charge >= 0.3 is 0 Å². The molecular weight excluding hydrogens is 210 g/mol. The van der Waals surface area contributed by atoms with Gasteiger partial charge in [0.1, 0.15) is 0 Å². The molecule has 0 radical (unpaired) electrons. The van der Waals surface area contributed by atoms with Crippen LogP contribution in [0.4, 0.5) is 0 Å². The molecule has 0 amide bonds. The van der Waals surface area contributed by atoms with Crippen molar-refractivity contribution in [1.82, 2.24) is 4.31 Å². The van der Waals surface area contributed by atoms with E-state index in [0.717, 1.165) is 31.8 Å². The van der Waals surface area contributed by atoms with E-state index in [1.807, 2.05) is 0 Å². The molecule has 0 aromatic heterocycles. The Bertz CT molecular complexity index is 252. The zero-order valence-corrected chi connectivity index (χ0v) is 10.9. The van der Waals surface area contributed by atoms with Gasteiger partial charge in [-0.05, 0) is 37.0 Å². The maximum atomic E-state index is 10.7. The molecule has 1 heterocycles. The monoisotopic (exact) mass is 233 g/mol. The van der Waals surface area contributed by atoms with Crippen molar-refractivity contribution in [2.24, 2.45) is 11.3 Å². The highest BCUT2D eigenvalue weighted by atomic mass is 32.2. The van der Waals surface area contributed by atoms with Crippen molar-refractivity contribution in [1.29, 1.82) is 0 Å². The molecule has 15 heavy (non-hydrogen) atoms. The van der Waals surface area contributed by atoms with Crippen LogP contribution >= 0.6 is 0 Å². The lowest BCUT2D eigenvalue weighted by Crippen LogP contribution is -2.32. The Kier molecular flexibility index (Phi) is 4.59. The highest BCUT2D eigenvalue weighted by molar-refractivity contribution is 7.69. The lowest BCUT2D eigenvalue weighted by Gasteiger charge is -2.29. The molecule has 0 spiro atoms. The van der Waals surface area contributed by atoms with Crippen LogP contribution in [-0.2, 0) is 10.9 Å². The molecule has 0 bridgehead atoms. The van der Waals surface area contributed by atoms with Crippen LogP contribution in [0.25, 0.3) is 0 Å². The summed E-state index contributed by atoms with van der Waals surface area (Å²) in [6.07, 6.45) is 4.56. The van der Waals surface area contributed by atoms with Gasteiger partial charge in [-0.25, -0.2) is 12.7 Å². The Morgan fingerprint density at radius 1 is 1.20 bits per heavy atom. The van der Waals surface area contributed by atoms with Crippen molar-refractivity contribution >= 4 is 10.9 Å². The summed E-state index contributed by atoms with van der Waals surface area (Å²) in [5.74, 6) is 0.732. The topological polar surface area (TPSA) is 37.4 Å². The van der Waals surface area contributed by atoms with Crippen LogP contribution in [0, 0.1) is 11.3 Å². The van der Waals surface area contributed by atoms with Gasteiger partial charge in [0.05, 0.1) is 0 Å². The van der Waals surface area contributed by atoms with E-state index in [4.69, 9.17) is 0 Å². The summed E-state index contributed by atoms with van der Waals surface area (Å²) in [4.78, 5) is 0. The SMILES string of the molecule is CC(C)(C)CCC1CCN([SH](=O)=O)CC1. The van der Waals surface area contributed by atoms with Crippen LogP contribution in [0.2, 0.25) is 0 Å². The lowest BCUT2D eigenvalue weighted by atomic mass is 9.84. The molecule has 1 saturated heterocycles. The third kappa shape index (κ3) is 4.98.